The van der Waals surface area contributed by atoms with Crippen molar-refractivity contribution in [3.05, 3.63) is 28.8 Å². The number of nitrogens with zero attached hydrogens (tertiary/aromatic N) is 2. The first-order valence-electron chi connectivity index (χ1n) is 7.55. The van der Waals surface area contributed by atoms with Gasteiger partial charge in [0, 0.05) is 16.5 Å². The Morgan fingerprint density at radius 2 is 2.00 bits per heavy atom. The van der Waals surface area contributed by atoms with Crippen molar-refractivity contribution in [3.63, 3.8) is 0 Å². The molecular weight excluding hydrogens is 382 g/mol. The first-order chi connectivity index (χ1) is 11.3. The van der Waals surface area contributed by atoms with Gasteiger partial charge in [-0.15, -0.1) is 10.2 Å². The summed E-state index contributed by atoms with van der Waals surface area (Å²) in [6.07, 6.45) is 0. The second kappa shape index (κ2) is 9.08. The lowest BCUT2D eigenvalue weighted by atomic mass is 10.2. The summed E-state index contributed by atoms with van der Waals surface area (Å²) in [5.41, 5.74) is 1.72. The van der Waals surface area contributed by atoms with Crippen LogP contribution in [0.5, 0.6) is 0 Å². The molecule has 0 unspecified atom stereocenters. The molecule has 0 radical (unpaired) electrons. The minimum atomic E-state index is -0.265. The van der Waals surface area contributed by atoms with Crippen LogP contribution in [0.4, 0.5) is 5.69 Å². The third-order valence-corrected chi connectivity index (χ3v) is 6.94. The van der Waals surface area contributed by atoms with Gasteiger partial charge in [0.2, 0.25) is 5.91 Å². The van der Waals surface area contributed by atoms with Crippen LogP contribution >= 0.6 is 46.5 Å². The minimum Gasteiger partial charge on any atom is -0.325 e. The van der Waals surface area contributed by atoms with Gasteiger partial charge >= 0.3 is 0 Å². The molecule has 0 fully saturated rings. The summed E-state index contributed by atoms with van der Waals surface area (Å²) in [5.74, 6) is 1.56. The molecule has 4 nitrogen and oxygen atoms in total. The molecule has 1 N–H and O–H groups in total. The molecule has 0 saturated carbocycles. The topological polar surface area (TPSA) is 54.9 Å². The van der Waals surface area contributed by atoms with Gasteiger partial charge < -0.3 is 5.32 Å². The zero-order valence-electron chi connectivity index (χ0n) is 14.0. The molecule has 8 heteroatoms. The van der Waals surface area contributed by atoms with Crippen LogP contribution in [0.1, 0.15) is 26.3 Å². The third kappa shape index (κ3) is 5.95. The van der Waals surface area contributed by atoms with E-state index in [9.17, 15) is 4.79 Å². The lowest BCUT2D eigenvalue weighted by Crippen LogP contribution is -2.22. The smallest absolute Gasteiger partial charge is 0.237 e. The van der Waals surface area contributed by atoms with Gasteiger partial charge in [-0.3, -0.25) is 4.79 Å². The number of aromatic nitrogens is 2. The van der Waals surface area contributed by atoms with Crippen LogP contribution in [0.25, 0.3) is 0 Å². The zero-order valence-corrected chi connectivity index (χ0v) is 17.2. The first kappa shape index (κ1) is 19.6. The fourth-order valence-electron chi connectivity index (χ4n) is 1.71. The van der Waals surface area contributed by atoms with Crippen molar-refractivity contribution >= 4 is 58.1 Å². The van der Waals surface area contributed by atoms with Crippen molar-refractivity contribution < 1.29 is 4.79 Å². The van der Waals surface area contributed by atoms with E-state index in [1.54, 1.807) is 17.8 Å². The molecule has 1 atom stereocenters. The van der Waals surface area contributed by atoms with E-state index in [0.717, 1.165) is 25.7 Å². The molecule has 1 heterocycles. The van der Waals surface area contributed by atoms with Crippen molar-refractivity contribution in [3.8, 4) is 0 Å². The quantitative estimate of drug-likeness (QED) is 0.632. The van der Waals surface area contributed by atoms with Gasteiger partial charge in [0.1, 0.15) is 0 Å². The molecule has 0 aliphatic heterocycles. The number of hydrogen-bond donors (Lipinski definition) is 1. The Kier molecular flexibility index (Phi) is 7.40. The highest BCUT2D eigenvalue weighted by Gasteiger charge is 2.18. The van der Waals surface area contributed by atoms with E-state index in [4.69, 9.17) is 11.6 Å². The van der Waals surface area contributed by atoms with Gasteiger partial charge in [-0.05, 0) is 37.5 Å². The summed E-state index contributed by atoms with van der Waals surface area (Å²) in [6, 6.07) is 5.46. The predicted octanol–water partition coefficient (Wildman–Crippen LogP) is 5.37. The molecular formula is C16H20ClN3OS3. The van der Waals surface area contributed by atoms with Gasteiger partial charge in [0.25, 0.3) is 0 Å². The molecule has 0 spiro atoms. The second-order valence-corrected chi connectivity index (χ2v) is 10.0. The van der Waals surface area contributed by atoms with Crippen LogP contribution in [0, 0.1) is 12.8 Å². The van der Waals surface area contributed by atoms with Crippen LogP contribution < -0.4 is 5.32 Å². The van der Waals surface area contributed by atoms with Crippen LogP contribution in [0.3, 0.4) is 0 Å². The van der Waals surface area contributed by atoms with Gasteiger partial charge in [-0.2, -0.15) is 0 Å². The van der Waals surface area contributed by atoms with Gasteiger partial charge in [-0.1, -0.05) is 66.4 Å². The molecule has 0 bridgehead atoms. The molecule has 0 aliphatic carbocycles. The molecule has 130 valence electrons. The molecule has 0 aliphatic rings. The summed E-state index contributed by atoms with van der Waals surface area (Å²) in [7, 11) is 0. The number of nitrogens with one attached hydrogen (secondary N) is 1. The molecule has 1 aromatic carbocycles. The normalized spacial score (nSPS) is 12.4. The Balaban J connectivity index is 1.93. The summed E-state index contributed by atoms with van der Waals surface area (Å²) in [5, 5.41) is 11.6. The molecule has 24 heavy (non-hydrogen) atoms. The Bertz CT molecular complexity index is 706. The number of thioether (sulfide) groups is 2. The predicted molar refractivity (Wildman–Crippen MR) is 106 cm³/mol. The van der Waals surface area contributed by atoms with Gasteiger partial charge in [0.15, 0.2) is 8.68 Å². The monoisotopic (exact) mass is 401 g/mol. The summed E-state index contributed by atoms with van der Waals surface area (Å²) in [6.45, 7) is 8.15. The lowest BCUT2D eigenvalue weighted by Gasteiger charge is -2.12. The van der Waals surface area contributed by atoms with E-state index < -0.39 is 0 Å². The molecule has 1 aromatic heterocycles. The number of halogens is 1. The average Bonchev–Trinajstić information content (AvgIpc) is 2.96. The highest BCUT2D eigenvalue weighted by molar-refractivity contribution is 8.03. The lowest BCUT2D eigenvalue weighted by molar-refractivity contribution is -0.115. The van der Waals surface area contributed by atoms with Crippen LogP contribution in [0.2, 0.25) is 5.02 Å². The zero-order chi connectivity index (χ0) is 17.7. The van der Waals surface area contributed by atoms with Crippen LogP contribution in [-0.2, 0) is 4.79 Å². The van der Waals surface area contributed by atoms with Crippen LogP contribution in [0.15, 0.2) is 26.9 Å². The van der Waals surface area contributed by atoms with E-state index in [2.05, 4.69) is 29.4 Å². The SMILES string of the molecule is Cc1ccc(Cl)cc1NC(=O)[C@@H](C)Sc1nnc(SCC(C)C)s1. The van der Waals surface area contributed by atoms with Crippen molar-refractivity contribution in [1.82, 2.24) is 10.2 Å². The number of carbonyl (C=O) groups excluding carboxylic acids is 1. The van der Waals surface area contributed by atoms with E-state index in [-0.39, 0.29) is 11.2 Å². The number of carbonyl (C=O) groups is 1. The largest absolute Gasteiger partial charge is 0.325 e. The maximum Gasteiger partial charge on any atom is 0.237 e. The summed E-state index contributed by atoms with van der Waals surface area (Å²) in [4.78, 5) is 12.4. The van der Waals surface area contributed by atoms with E-state index in [1.807, 2.05) is 26.0 Å². The maximum atomic E-state index is 12.4. The van der Waals surface area contributed by atoms with E-state index >= 15 is 0 Å². The molecule has 2 rings (SSSR count). The van der Waals surface area contributed by atoms with Gasteiger partial charge in [-0.25, -0.2) is 0 Å². The maximum absolute atomic E-state index is 12.4. The number of rotatable bonds is 7. The molecule has 0 saturated heterocycles. The van der Waals surface area contributed by atoms with Crippen molar-refractivity contribution in [1.29, 1.82) is 0 Å². The van der Waals surface area contributed by atoms with Crippen molar-refractivity contribution in [2.75, 3.05) is 11.1 Å². The van der Waals surface area contributed by atoms with Crippen LogP contribution in [-0.4, -0.2) is 27.1 Å². The number of benzene rings is 1. The average molecular weight is 402 g/mol. The molecule has 1 amide bonds. The Morgan fingerprint density at radius 1 is 1.29 bits per heavy atom. The second-order valence-electron chi connectivity index (χ2n) is 5.75. The minimum absolute atomic E-state index is 0.0723. The Morgan fingerprint density at radius 3 is 2.71 bits per heavy atom. The Hall–Kier alpha value is -0.760. The third-order valence-electron chi connectivity index (χ3n) is 3.03. The molecule has 2 aromatic rings. The highest BCUT2D eigenvalue weighted by Crippen LogP contribution is 2.32. The Labute approximate surface area is 160 Å². The fraction of sp³-hybridized carbons (Fsp3) is 0.438. The highest BCUT2D eigenvalue weighted by atomic mass is 35.5. The number of aryl methyl sites for hydroxylation is 1. The van der Waals surface area contributed by atoms with E-state index in [1.165, 1.54) is 23.1 Å². The number of amides is 1. The summed E-state index contributed by atoms with van der Waals surface area (Å²) >= 11 is 10.7. The summed E-state index contributed by atoms with van der Waals surface area (Å²) < 4.78 is 1.76. The van der Waals surface area contributed by atoms with Gasteiger partial charge in [0.05, 0.1) is 5.25 Å². The van der Waals surface area contributed by atoms with E-state index in [0.29, 0.717) is 10.9 Å². The van der Waals surface area contributed by atoms with Crippen molar-refractivity contribution in [2.24, 2.45) is 5.92 Å². The number of anilines is 1. The first-order valence-corrected chi connectivity index (χ1v) is 10.6. The number of hydrogen-bond acceptors (Lipinski definition) is 6. The fourth-order valence-corrected chi connectivity index (χ4v) is 5.02. The van der Waals surface area contributed by atoms with Crippen molar-refractivity contribution in [2.45, 2.75) is 41.6 Å². The standard InChI is InChI=1S/C16H20ClN3OS3/c1-9(2)8-22-15-19-20-16(24-15)23-11(4)14(21)18-13-7-12(17)6-5-10(13)3/h5-7,9,11H,8H2,1-4H3,(H,18,21)/t11-/m1/s1.